The number of methoxy groups -OCH3 is 1. The lowest BCUT2D eigenvalue weighted by molar-refractivity contribution is -0.153. The molecule has 0 radical (unpaired) electrons. The van der Waals surface area contributed by atoms with E-state index in [1.807, 2.05) is 0 Å². The van der Waals surface area contributed by atoms with Crippen molar-refractivity contribution in [1.29, 1.82) is 0 Å². The predicted octanol–water partition coefficient (Wildman–Crippen LogP) is 0.644. The number of hydrogen-bond acceptors (Lipinski definition) is 3. The molecular weight excluding hydrogens is 166 g/mol. The molecule has 72 valence electrons. The van der Waals surface area contributed by atoms with Crippen LogP contribution in [0.3, 0.4) is 0 Å². The van der Waals surface area contributed by atoms with Gasteiger partial charge in [0.2, 0.25) is 0 Å². The minimum absolute atomic E-state index is 0.0231. The standard InChI is InChI=1S/C10H15NO2/c1-13-9(12)10-3-2-4-11(10)6-7-5-8(7)10/h7-8H,2-6H2,1H3/t7-,8-,10+/m1/s1. The van der Waals surface area contributed by atoms with E-state index in [0.717, 1.165) is 25.4 Å². The van der Waals surface area contributed by atoms with Crippen molar-refractivity contribution >= 4 is 5.97 Å². The average molecular weight is 181 g/mol. The second kappa shape index (κ2) is 2.27. The number of hydrogen-bond donors (Lipinski definition) is 0. The molecule has 0 amide bonds. The molecule has 0 N–H and O–H groups in total. The van der Waals surface area contributed by atoms with Gasteiger partial charge in [-0.25, -0.2) is 0 Å². The van der Waals surface area contributed by atoms with Crippen LogP contribution in [0.5, 0.6) is 0 Å². The van der Waals surface area contributed by atoms with Crippen LogP contribution >= 0.6 is 0 Å². The highest BCUT2D eigenvalue weighted by Crippen LogP contribution is 2.59. The summed E-state index contributed by atoms with van der Waals surface area (Å²) in [6.07, 6.45) is 3.45. The summed E-state index contributed by atoms with van der Waals surface area (Å²) in [6, 6.07) is 0. The molecule has 3 rings (SSSR count). The van der Waals surface area contributed by atoms with Gasteiger partial charge in [-0.1, -0.05) is 0 Å². The third-order valence-electron chi connectivity index (χ3n) is 4.08. The van der Waals surface area contributed by atoms with Crippen LogP contribution in [0.15, 0.2) is 0 Å². The molecule has 1 aliphatic carbocycles. The minimum atomic E-state index is -0.181. The minimum Gasteiger partial charge on any atom is -0.468 e. The van der Waals surface area contributed by atoms with Gasteiger partial charge in [0.1, 0.15) is 5.54 Å². The lowest BCUT2D eigenvalue weighted by Crippen LogP contribution is -2.49. The summed E-state index contributed by atoms with van der Waals surface area (Å²) < 4.78 is 4.96. The normalized spacial score (nSPS) is 47.2. The first-order valence-electron chi connectivity index (χ1n) is 5.12. The Kier molecular flexibility index (Phi) is 1.36. The molecule has 3 nitrogen and oxygen atoms in total. The quantitative estimate of drug-likeness (QED) is 0.556. The van der Waals surface area contributed by atoms with Gasteiger partial charge < -0.3 is 4.74 Å². The van der Waals surface area contributed by atoms with E-state index >= 15 is 0 Å². The van der Waals surface area contributed by atoms with Gasteiger partial charge in [0, 0.05) is 6.54 Å². The van der Waals surface area contributed by atoms with E-state index in [4.69, 9.17) is 4.74 Å². The molecule has 0 unspecified atom stereocenters. The molecule has 3 heteroatoms. The van der Waals surface area contributed by atoms with Crippen LogP contribution < -0.4 is 0 Å². The van der Waals surface area contributed by atoms with E-state index in [1.54, 1.807) is 0 Å². The van der Waals surface area contributed by atoms with E-state index in [0.29, 0.717) is 5.92 Å². The molecule has 2 heterocycles. The maximum atomic E-state index is 11.8. The van der Waals surface area contributed by atoms with E-state index in [2.05, 4.69) is 4.90 Å². The Bertz CT molecular complexity index is 266. The summed E-state index contributed by atoms with van der Waals surface area (Å²) in [6.45, 7) is 2.24. The van der Waals surface area contributed by atoms with Gasteiger partial charge in [0.25, 0.3) is 0 Å². The lowest BCUT2D eigenvalue weighted by Gasteiger charge is -2.31. The first-order valence-corrected chi connectivity index (χ1v) is 5.12. The summed E-state index contributed by atoms with van der Waals surface area (Å²) in [4.78, 5) is 14.1. The van der Waals surface area contributed by atoms with Crippen molar-refractivity contribution in [2.45, 2.75) is 24.8 Å². The monoisotopic (exact) mass is 181 g/mol. The molecule has 1 saturated carbocycles. The molecule has 2 saturated heterocycles. The van der Waals surface area contributed by atoms with Gasteiger partial charge >= 0.3 is 5.97 Å². The Balaban J connectivity index is 1.96. The maximum Gasteiger partial charge on any atom is 0.326 e. The fraction of sp³-hybridized carbons (Fsp3) is 0.900. The molecular formula is C10H15NO2. The van der Waals surface area contributed by atoms with Crippen molar-refractivity contribution in [3.63, 3.8) is 0 Å². The van der Waals surface area contributed by atoms with E-state index in [9.17, 15) is 4.79 Å². The van der Waals surface area contributed by atoms with Gasteiger partial charge in [0.15, 0.2) is 0 Å². The van der Waals surface area contributed by atoms with Crippen molar-refractivity contribution in [2.24, 2.45) is 11.8 Å². The van der Waals surface area contributed by atoms with Crippen LogP contribution in [0.4, 0.5) is 0 Å². The Hall–Kier alpha value is -0.570. The van der Waals surface area contributed by atoms with E-state index < -0.39 is 0 Å². The first-order chi connectivity index (χ1) is 6.29. The van der Waals surface area contributed by atoms with Crippen LogP contribution in [0.1, 0.15) is 19.3 Å². The maximum absolute atomic E-state index is 11.8. The molecule has 13 heavy (non-hydrogen) atoms. The lowest BCUT2D eigenvalue weighted by atomic mass is 9.92. The summed E-state index contributed by atoms with van der Waals surface area (Å²) in [5.74, 6) is 1.46. The molecule has 0 aromatic heterocycles. The summed E-state index contributed by atoms with van der Waals surface area (Å²) in [7, 11) is 1.52. The zero-order valence-electron chi connectivity index (χ0n) is 7.95. The first kappa shape index (κ1) is 7.80. The number of carbonyl (C=O) groups excluding carboxylic acids is 1. The highest BCUT2D eigenvalue weighted by Gasteiger charge is 2.67. The van der Waals surface area contributed by atoms with Crippen molar-refractivity contribution in [3.8, 4) is 0 Å². The Morgan fingerprint density at radius 1 is 1.62 bits per heavy atom. The number of piperidine rings is 1. The zero-order valence-corrected chi connectivity index (χ0v) is 7.95. The molecule has 0 spiro atoms. The predicted molar refractivity (Wildman–Crippen MR) is 47.2 cm³/mol. The molecule has 0 aromatic rings. The second-order valence-electron chi connectivity index (χ2n) is 4.57. The molecule has 3 atom stereocenters. The summed E-state index contributed by atoms with van der Waals surface area (Å²) >= 11 is 0. The molecule has 2 aliphatic heterocycles. The average Bonchev–Trinajstić information content (AvgIpc) is 2.67. The number of fused-ring (bicyclic) bond motifs is 3. The van der Waals surface area contributed by atoms with E-state index in [1.165, 1.54) is 20.0 Å². The molecule has 3 aliphatic rings. The van der Waals surface area contributed by atoms with Gasteiger partial charge in [0.05, 0.1) is 7.11 Å². The fourth-order valence-corrected chi connectivity index (χ4v) is 3.45. The van der Waals surface area contributed by atoms with Crippen LogP contribution in [-0.4, -0.2) is 36.6 Å². The van der Waals surface area contributed by atoms with Crippen LogP contribution in [0.25, 0.3) is 0 Å². The third-order valence-corrected chi connectivity index (χ3v) is 4.08. The number of rotatable bonds is 1. The van der Waals surface area contributed by atoms with Crippen LogP contribution in [-0.2, 0) is 9.53 Å². The number of carbonyl (C=O) groups is 1. The Labute approximate surface area is 78.0 Å². The van der Waals surface area contributed by atoms with Crippen molar-refractivity contribution < 1.29 is 9.53 Å². The van der Waals surface area contributed by atoms with Crippen LogP contribution in [0, 0.1) is 11.8 Å². The highest BCUT2D eigenvalue weighted by molar-refractivity contribution is 5.83. The fourth-order valence-electron chi connectivity index (χ4n) is 3.45. The van der Waals surface area contributed by atoms with Crippen LogP contribution in [0.2, 0.25) is 0 Å². The smallest absolute Gasteiger partial charge is 0.326 e. The zero-order chi connectivity index (χ0) is 9.05. The topological polar surface area (TPSA) is 29.5 Å². The van der Waals surface area contributed by atoms with Crippen molar-refractivity contribution in [1.82, 2.24) is 4.90 Å². The SMILES string of the molecule is COC(=O)[C@@]12CCCN1C[C@H]1C[C@H]12. The third kappa shape index (κ3) is 0.766. The molecule has 0 aromatic carbocycles. The molecule has 0 bridgehead atoms. The van der Waals surface area contributed by atoms with E-state index in [-0.39, 0.29) is 11.5 Å². The second-order valence-corrected chi connectivity index (χ2v) is 4.57. The number of ether oxygens (including phenoxy) is 1. The number of esters is 1. The van der Waals surface area contributed by atoms with Gasteiger partial charge in [-0.3, -0.25) is 9.69 Å². The van der Waals surface area contributed by atoms with Crippen molar-refractivity contribution in [2.75, 3.05) is 20.2 Å². The van der Waals surface area contributed by atoms with Gasteiger partial charge in [-0.2, -0.15) is 0 Å². The molecule has 3 fully saturated rings. The van der Waals surface area contributed by atoms with Crippen molar-refractivity contribution in [3.05, 3.63) is 0 Å². The Morgan fingerprint density at radius 2 is 2.46 bits per heavy atom. The van der Waals surface area contributed by atoms with Gasteiger partial charge in [-0.05, 0) is 37.6 Å². The Morgan fingerprint density at radius 3 is 3.23 bits per heavy atom. The number of nitrogens with zero attached hydrogens (tertiary/aromatic N) is 1. The highest BCUT2D eigenvalue weighted by atomic mass is 16.5. The van der Waals surface area contributed by atoms with Gasteiger partial charge in [-0.15, -0.1) is 0 Å². The summed E-state index contributed by atoms with van der Waals surface area (Å²) in [5, 5.41) is 0. The largest absolute Gasteiger partial charge is 0.468 e. The summed E-state index contributed by atoms with van der Waals surface area (Å²) in [5.41, 5.74) is -0.181.